The first-order valence-electron chi connectivity index (χ1n) is 16.4. The minimum atomic E-state index is -0.148. The molecular weight excluding hydrogens is 428 g/mol. The van der Waals surface area contributed by atoms with Gasteiger partial charge < -0.3 is 4.74 Å². The summed E-state index contributed by atoms with van der Waals surface area (Å²) in [6, 6.07) is 0. The van der Waals surface area contributed by atoms with E-state index >= 15 is 0 Å². The Labute approximate surface area is 222 Å². The first kappa shape index (κ1) is 34.5. The van der Waals surface area contributed by atoms with E-state index in [4.69, 9.17) is 4.74 Å². The van der Waals surface area contributed by atoms with E-state index in [9.17, 15) is 4.79 Å². The van der Waals surface area contributed by atoms with Crippen molar-refractivity contribution in [2.24, 2.45) is 0 Å². The Kier molecular flexibility index (Phi) is 31.0. The predicted molar refractivity (Wildman–Crippen MR) is 156 cm³/mol. The molecule has 0 rings (SSSR count). The van der Waals surface area contributed by atoms with Crippen molar-refractivity contribution in [3.8, 4) is 0 Å². The zero-order valence-corrected chi connectivity index (χ0v) is 24.5. The maximum atomic E-state index is 10.7. The van der Waals surface area contributed by atoms with Crippen LogP contribution in [0.5, 0.6) is 0 Å². The van der Waals surface area contributed by atoms with Gasteiger partial charge in [-0.3, -0.25) is 4.79 Å². The molecule has 0 bridgehead atoms. The molecule has 35 heavy (non-hydrogen) atoms. The number of carbonyl (C=O) groups excluding carboxylic acids is 1. The van der Waals surface area contributed by atoms with Gasteiger partial charge in [-0.25, -0.2) is 0 Å². The molecule has 0 aromatic rings. The molecule has 0 spiro atoms. The van der Waals surface area contributed by atoms with Gasteiger partial charge >= 0.3 is 5.97 Å². The van der Waals surface area contributed by atoms with E-state index in [0.29, 0.717) is 6.61 Å². The first-order chi connectivity index (χ1) is 17.3. The molecule has 0 radical (unpaired) electrons. The highest BCUT2D eigenvalue weighted by Gasteiger charge is 1.97. The van der Waals surface area contributed by atoms with Crippen LogP contribution in [0, 0.1) is 0 Å². The van der Waals surface area contributed by atoms with Crippen molar-refractivity contribution in [1.82, 2.24) is 0 Å². The van der Waals surface area contributed by atoms with Crippen LogP contribution in [0.2, 0.25) is 0 Å². The molecule has 0 saturated heterocycles. The molecule has 0 aliphatic heterocycles. The number of ether oxygens (including phenoxy) is 1. The second-order valence-electron chi connectivity index (χ2n) is 11.2. The fourth-order valence-electron chi connectivity index (χ4n) is 5.16. The third-order valence-corrected chi connectivity index (χ3v) is 7.55. The third kappa shape index (κ3) is 33.5. The summed E-state index contributed by atoms with van der Waals surface area (Å²) >= 11 is 0. The normalized spacial score (nSPS) is 11.3. The van der Waals surface area contributed by atoms with Gasteiger partial charge in [-0.2, -0.15) is 0 Å². The van der Waals surface area contributed by atoms with Gasteiger partial charge in [-0.15, -0.1) is 0 Å². The van der Waals surface area contributed by atoms with Gasteiger partial charge in [0, 0.05) is 6.92 Å². The van der Waals surface area contributed by atoms with Crippen molar-refractivity contribution in [3.63, 3.8) is 0 Å². The Bertz CT molecular complexity index is 393. The van der Waals surface area contributed by atoms with Crippen LogP contribution in [-0.2, 0) is 9.53 Å². The monoisotopic (exact) mass is 495 g/mol. The van der Waals surface area contributed by atoms with E-state index in [0.717, 1.165) is 6.42 Å². The molecule has 2 nitrogen and oxygen atoms in total. The molecule has 0 unspecified atom stereocenters. The largest absolute Gasteiger partial charge is 0.466 e. The summed E-state index contributed by atoms with van der Waals surface area (Å²) in [5, 5.41) is 0. The molecule has 0 amide bonds. The van der Waals surface area contributed by atoms with E-state index in [1.54, 1.807) is 0 Å². The number of esters is 1. The first-order valence-corrected chi connectivity index (χ1v) is 16.4. The van der Waals surface area contributed by atoms with Crippen LogP contribution in [-0.4, -0.2) is 12.6 Å². The number of rotatable bonds is 30. The van der Waals surface area contributed by atoms with E-state index in [1.165, 1.54) is 187 Å². The summed E-state index contributed by atoms with van der Waals surface area (Å²) in [5.41, 5.74) is 0. The van der Waals surface area contributed by atoms with Crippen molar-refractivity contribution < 1.29 is 9.53 Å². The Morgan fingerprint density at radius 2 is 0.571 bits per heavy atom. The lowest BCUT2D eigenvalue weighted by Crippen LogP contribution is -2.00. The number of unbranched alkanes of at least 4 members (excludes halogenated alkanes) is 28. The van der Waals surface area contributed by atoms with Crippen LogP contribution >= 0.6 is 0 Å². The number of hydrogen-bond donors (Lipinski definition) is 0. The lowest BCUT2D eigenvalue weighted by molar-refractivity contribution is -0.141. The van der Waals surface area contributed by atoms with Crippen LogP contribution in [0.1, 0.15) is 200 Å². The van der Waals surface area contributed by atoms with Crippen LogP contribution < -0.4 is 0 Å². The highest BCUT2D eigenvalue weighted by Crippen LogP contribution is 2.16. The Balaban J connectivity index is 3.01. The highest BCUT2D eigenvalue weighted by molar-refractivity contribution is 5.65. The van der Waals surface area contributed by atoms with Gasteiger partial charge in [-0.05, 0) is 6.42 Å². The molecule has 0 aliphatic rings. The van der Waals surface area contributed by atoms with Crippen LogP contribution in [0.3, 0.4) is 0 Å². The lowest BCUT2D eigenvalue weighted by atomic mass is 10.0. The minimum absolute atomic E-state index is 0.148. The SMILES string of the molecule is CCCCCCCCCCCCCCCCCCCCCCCCCCCCCCCOC(C)=O. The fraction of sp³-hybridized carbons (Fsp3) is 0.970. The molecule has 0 aromatic heterocycles. The van der Waals surface area contributed by atoms with E-state index in [2.05, 4.69) is 6.92 Å². The summed E-state index contributed by atoms with van der Waals surface area (Å²) in [6.07, 6.45) is 41.3. The second-order valence-corrected chi connectivity index (χ2v) is 11.2. The second kappa shape index (κ2) is 31.5. The molecule has 0 N–H and O–H groups in total. The zero-order valence-electron chi connectivity index (χ0n) is 24.5. The standard InChI is InChI=1S/C33H66O2/c1-3-4-5-6-7-8-9-10-11-12-13-14-15-16-17-18-19-20-21-22-23-24-25-26-27-28-29-30-31-32-35-33(2)34/h3-32H2,1-2H3. The molecule has 210 valence electrons. The zero-order chi connectivity index (χ0) is 25.5. The highest BCUT2D eigenvalue weighted by atomic mass is 16.5. The maximum Gasteiger partial charge on any atom is 0.302 e. The van der Waals surface area contributed by atoms with Crippen molar-refractivity contribution in [2.45, 2.75) is 200 Å². The Hall–Kier alpha value is -0.530. The van der Waals surface area contributed by atoms with Gasteiger partial charge in [0.2, 0.25) is 0 Å². The molecule has 0 atom stereocenters. The van der Waals surface area contributed by atoms with Gasteiger partial charge in [-0.1, -0.05) is 187 Å². The van der Waals surface area contributed by atoms with E-state index < -0.39 is 0 Å². The third-order valence-electron chi connectivity index (χ3n) is 7.55. The van der Waals surface area contributed by atoms with Crippen LogP contribution in [0.25, 0.3) is 0 Å². The average Bonchev–Trinajstić information content (AvgIpc) is 2.85. The predicted octanol–water partition coefficient (Wildman–Crippen LogP) is 11.9. The van der Waals surface area contributed by atoms with Gasteiger partial charge in [0.1, 0.15) is 0 Å². The minimum Gasteiger partial charge on any atom is -0.466 e. The summed E-state index contributed by atoms with van der Waals surface area (Å²) in [7, 11) is 0. The molecule has 0 aromatic carbocycles. The Morgan fingerprint density at radius 1 is 0.371 bits per heavy atom. The van der Waals surface area contributed by atoms with E-state index in [1.807, 2.05) is 0 Å². The summed E-state index contributed by atoms with van der Waals surface area (Å²) < 4.78 is 4.96. The molecule has 0 aliphatic carbocycles. The molecule has 0 saturated carbocycles. The summed E-state index contributed by atoms with van der Waals surface area (Å²) in [4.78, 5) is 10.7. The molecule has 2 heteroatoms. The maximum absolute atomic E-state index is 10.7. The summed E-state index contributed by atoms with van der Waals surface area (Å²) in [5.74, 6) is -0.148. The average molecular weight is 495 g/mol. The topological polar surface area (TPSA) is 26.3 Å². The van der Waals surface area contributed by atoms with Crippen LogP contribution in [0.15, 0.2) is 0 Å². The quantitative estimate of drug-likeness (QED) is 0.0732. The van der Waals surface area contributed by atoms with E-state index in [-0.39, 0.29) is 5.97 Å². The van der Waals surface area contributed by atoms with Gasteiger partial charge in [0.15, 0.2) is 0 Å². The molecule has 0 heterocycles. The number of carbonyl (C=O) groups is 1. The number of hydrogen-bond acceptors (Lipinski definition) is 2. The van der Waals surface area contributed by atoms with Gasteiger partial charge in [0.05, 0.1) is 6.61 Å². The van der Waals surface area contributed by atoms with Crippen molar-refractivity contribution in [1.29, 1.82) is 0 Å². The van der Waals surface area contributed by atoms with Crippen molar-refractivity contribution >= 4 is 5.97 Å². The van der Waals surface area contributed by atoms with Gasteiger partial charge in [0.25, 0.3) is 0 Å². The molecular formula is C33H66O2. The fourth-order valence-corrected chi connectivity index (χ4v) is 5.16. The summed E-state index contributed by atoms with van der Waals surface area (Å²) in [6.45, 7) is 4.40. The van der Waals surface area contributed by atoms with Crippen molar-refractivity contribution in [3.05, 3.63) is 0 Å². The Morgan fingerprint density at radius 3 is 0.771 bits per heavy atom. The molecule has 0 fully saturated rings. The van der Waals surface area contributed by atoms with Crippen LogP contribution in [0.4, 0.5) is 0 Å². The van der Waals surface area contributed by atoms with Crippen molar-refractivity contribution in [2.75, 3.05) is 6.61 Å². The smallest absolute Gasteiger partial charge is 0.302 e. The lowest BCUT2D eigenvalue weighted by Gasteiger charge is -2.05.